The number of aromatic hydroxyl groups is 2. The number of carbonyl (C=O) groups is 4. The Morgan fingerprint density at radius 2 is 0.892 bits per heavy atom. The zero-order valence-corrected chi connectivity index (χ0v) is 20.6. The summed E-state index contributed by atoms with van der Waals surface area (Å²) in [6.45, 7) is 0. The van der Waals surface area contributed by atoms with E-state index in [4.69, 9.17) is 0 Å². The molecule has 2 aromatic rings. The van der Waals surface area contributed by atoms with Crippen LogP contribution in [-0.2, 0) is 32.0 Å². The van der Waals surface area contributed by atoms with Crippen molar-refractivity contribution >= 4 is 23.8 Å². The van der Waals surface area contributed by atoms with Crippen molar-refractivity contribution < 1.29 is 39.6 Å². The minimum absolute atomic E-state index is 0.0790. The van der Waals surface area contributed by atoms with Crippen LogP contribution in [0.1, 0.15) is 56.1 Å². The predicted molar refractivity (Wildman–Crippen MR) is 135 cm³/mol. The van der Waals surface area contributed by atoms with Gasteiger partial charge in [-0.2, -0.15) is 0 Å². The second-order valence-corrected chi connectivity index (χ2v) is 8.93. The third kappa shape index (κ3) is 11.5. The molecule has 2 aromatic carbocycles. The van der Waals surface area contributed by atoms with Crippen LogP contribution in [0.15, 0.2) is 48.5 Å². The minimum Gasteiger partial charge on any atom is -0.508 e. The topological polar surface area (TPSA) is 173 Å². The molecule has 2 rings (SSSR count). The van der Waals surface area contributed by atoms with Crippen molar-refractivity contribution in [1.82, 2.24) is 10.6 Å². The Kier molecular flexibility index (Phi) is 11.9. The van der Waals surface area contributed by atoms with Gasteiger partial charge in [-0.3, -0.25) is 9.59 Å². The van der Waals surface area contributed by atoms with Crippen molar-refractivity contribution in [2.75, 3.05) is 0 Å². The van der Waals surface area contributed by atoms with Crippen molar-refractivity contribution in [1.29, 1.82) is 0 Å². The third-order valence-electron chi connectivity index (χ3n) is 5.83. The van der Waals surface area contributed by atoms with Gasteiger partial charge in [0.25, 0.3) is 0 Å². The van der Waals surface area contributed by atoms with Crippen molar-refractivity contribution in [2.45, 2.75) is 69.9 Å². The average Bonchev–Trinajstić information content (AvgIpc) is 2.85. The molecule has 0 saturated heterocycles. The highest BCUT2D eigenvalue weighted by atomic mass is 16.4. The standard InChI is InChI=1S/C27H34N2O8/c30-20-12-8-18(9-13-20)16-22(26(34)35)28-24(32)6-4-2-1-3-5-7-25(33)29-23(27(36)37)17-19-10-14-21(31)15-11-19/h8-15,22-23,30-31H,1-7,16-17H2,(H,28,32)(H,29,33)(H,34,35)(H,36,37). The van der Waals surface area contributed by atoms with E-state index in [1.807, 2.05) is 0 Å². The van der Waals surface area contributed by atoms with Crippen molar-refractivity contribution in [2.24, 2.45) is 0 Å². The van der Waals surface area contributed by atoms with Gasteiger partial charge in [-0.1, -0.05) is 43.5 Å². The van der Waals surface area contributed by atoms with E-state index in [0.717, 1.165) is 19.3 Å². The molecule has 0 aliphatic rings. The van der Waals surface area contributed by atoms with E-state index in [0.29, 0.717) is 24.0 Å². The van der Waals surface area contributed by atoms with Crippen LogP contribution in [0.4, 0.5) is 0 Å². The summed E-state index contributed by atoms with van der Waals surface area (Å²) in [7, 11) is 0. The molecule has 0 heterocycles. The molecule has 6 N–H and O–H groups in total. The largest absolute Gasteiger partial charge is 0.508 e. The highest BCUT2D eigenvalue weighted by molar-refractivity contribution is 5.84. The van der Waals surface area contributed by atoms with Crippen molar-refractivity contribution in [3.63, 3.8) is 0 Å². The summed E-state index contributed by atoms with van der Waals surface area (Å²) in [5.74, 6) is -2.80. The van der Waals surface area contributed by atoms with Crippen LogP contribution >= 0.6 is 0 Å². The molecule has 2 atom stereocenters. The number of unbranched alkanes of at least 4 members (excludes halogenated alkanes) is 4. The third-order valence-corrected chi connectivity index (χ3v) is 5.83. The van der Waals surface area contributed by atoms with Gasteiger partial charge in [0.15, 0.2) is 0 Å². The summed E-state index contributed by atoms with van der Waals surface area (Å²) < 4.78 is 0. The van der Waals surface area contributed by atoms with Crippen LogP contribution < -0.4 is 10.6 Å². The van der Waals surface area contributed by atoms with Crippen LogP contribution in [0.5, 0.6) is 11.5 Å². The number of nitrogens with one attached hydrogen (secondary N) is 2. The number of phenols is 2. The van der Waals surface area contributed by atoms with Gasteiger partial charge in [0, 0.05) is 25.7 Å². The average molecular weight is 515 g/mol. The van der Waals surface area contributed by atoms with Crippen LogP contribution in [0.25, 0.3) is 0 Å². The molecule has 0 radical (unpaired) electrons. The Labute approximate surface area is 215 Å². The molecular weight excluding hydrogens is 480 g/mol. The van der Waals surface area contributed by atoms with Gasteiger partial charge in [-0.25, -0.2) is 9.59 Å². The molecule has 0 aliphatic carbocycles. The van der Waals surface area contributed by atoms with Gasteiger partial charge in [0.05, 0.1) is 0 Å². The number of carboxylic acids is 2. The summed E-state index contributed by atoms with van der Waals surface area (Å²) in [6, 6.07) is 10.2. The maximum Gasteiger partial charge on any atom is 0.326 e. The number of rotatable bonds is 16. The lowest BCUT2D eigenvalue weighted by molar-refractivity contribution is -0.142. The Morgan fingerprint density at radius 1 is 0.568 bits per heavy atom. The molecule has 0 aromatic heterocycles. The molecule has 0 saturated carbocycles. The van der Waals surface area contributed by atoms with E-state index in [9.17, 15) is 39.6 Å². The van der Waals surface area contributed by atoms with E-state index < -0.39 is 24.0 Å². The number of hydrogen-bond donors (Lipinski definition) is 6. The summed E-state index contributed by atoms with van der Waals surface area (Å²) in [6.07, 6.45) is 4.03. The Balaban J connectivity index is 1.60. The SMILES string of the molecule is O=C(CCCCCCCC(=O)NC(Cc1ccc(O)cc1)C(=O)O)NC(Cc1ccc(O)cc1)C(=O)O. The van der Waals surface area contributed by atoms with Gasteiger partial charge in [-0.15, -0.1) is 0 Å². The summed E-state index contributed by atoms with van der Waals surface area (Å²) >= 11 is 0. The number of carbonyl (C=O) groups excluding carboxylic acids is 2. The summed E-state index contributed by atoms with van der Waals surface area (Å²) in [4.78, 5) is 47.3. The van der Waals surface area contributed by atoms with E-state index >= 15 is 0 Å². The van der Waals surface area contributed by atoms with Gasteiger partial charge >= 0.3 is 11.9 Å². The molecule has 200 valence electrons. The first-order valence-corrected chi connectivity index (χ1v) is 12.2. The van der Waals surface area contributed by atoms with Crippen LogP contribution in [-0.4, -0.2) is 56.3 Å². The maximum atomic E-state index is 12.2. The second-order valence-electron chi connectivity index (χ2n) is 8.93. The lowest BCUT2D eigenvalue weighted by atomic mass is 10.0. The number of aliphatic carboxylic acids is 2. The van der Waals surface area contributed by atoms with Crippen LogP contribution in [0.3, 0.4) is 0 Å². The zero-order chi connectivity index (χ0) is 27.2. The van der Waals surface area contributed by atoms with Gasteiger partial charge in [0.1, 0.15) is 23.6 Å². The number of carboxylic acid groups (broad SMARTS) is 2. The first-order valence-electron chi connectivity index (χ1n) is 12.2. The molecule has 0 spiro atoms. The molecule has 0 aliphatic heterocycles. The molecule has 10 heteroatoms. The van der Waals surface area contributed by atoms with Crippen molar-refractivity contribution in [3.8, 4) is 11.5 Å². The van der Waals surface area contributed by atoms with Gasteiger partial charge in [0.2, 0.25) is 11.8 Å². The lowest BCUT2D eigenvalue weighted by Crippen LogP contribution is -2.42. The second kappa shape index (κ2) is 15.1. The zero-order valence-electron chi connectivity index (χ0n) is 20.6. The molecule has 0 bridgehead atoms. The first kappa shape index (κ1) is 29.2. The molecule has 37 heavy (non-hydrogen) atoms. The van der Waals surface area contributed by atoms with E-state index in [1.165, 1.54) is 24.3 Å². The Hall–Kier alpha value is -4.08. The van der Waals surface area contributed by atoms with E-state index in [1.54, 1.807) is 24.3 Å². The molecule has 0 fully saturated rings. The fraction of sp³-hybridized carbons (Fsp3) is 0.407. The minimum atomic E-state index is -1.13. The first-order chi connectivity index (χ1) is 17.6. The Morgan fingerprint density at radius 3 is 1.22 bits per heavy atom. The predicted octanol–water partition coefficient (Wildman–Crippen LogP) is 2.75. The van der Waals surface area contributed by atoms with E-state index in [-0.39, 0.29) is 49.0 Å². The van der Waals surface area contributed by atoms with Crippen molar-refractivity contribution in [3.05, 3.63) is 59.7 Å². The van der Waals surface area contributed by atoms with Gasteiger partial charge in [-0.05, 0) is 48.2 Å². The summed E-state index contributed by atoms with van der Waals surface area (Å²) in [5, 5.41) is 42.5. The van der Waals surface area contributed by atoms with E-state index in [2.05, 4.69) is 10.6 Å². The monoisotopic (exact) mass is 514 g/mol. The molecular formula is C27H34N2O8. The van der Waals surface area contributed by atoms with Gasteiger partial charge < -0.3 is 31.1 Å². The molecule has 10 nitrogen and oxygen atoms in total. The number of hydrogen-bond acceptors (Lipinski definition) is 6. The number of amides is 2. The quantitative estimate of drug-likeness (QED) is 0.185. The highest BCUT2D eigenvalue weighted by Gasteiger charge is 2.21. The van der Waals surface area contributed by atoms with Crippen LogP contribution in [0, 0.1) is 0 Å². The normalized spacial score (nSPS) is 12.3. The Bertz CT molecular complexity index is 954. The maximum absolute atomic E-state index is 12.2. The van der Waals surface area contributed by atoms with Crippen LogP contribution in [0.2, 0.25) is 0 Å². The fourth-order valence-electron chi connectivity index (χ4n) is 3.77. The lowest BCUT2D eigenvalue weighted by Gasteiger charge is -2.15. The smallest absolute Gasteiger partial charge is 0.326 e. The number of benzene rings is 2. The highest BCUT2D eigenvalue weighted by Crippen LogP contribution is 2.13. The number of phenolic OH excluding ortho intramolecular Hbond substituents is 2. The summed E-state index contributed by atoms with van der Waals surface area (Å²) in [5.41, 5.74) is 1.37. The fourth-order valence-corrected chi connectivity index (χ4v) is 3.77. The molecule has 2 unspecified atom stereocenters. The molecule has 2 amide bonds.